The summed E-state index contributed by atoms with van der Waals surface area (Å²) in [5.41, 5.74) is 9.87. The number of aromatic nitrogens is 3. The number of hydrogen-bond acceptors (Lipinski definition) is 5. The fourth-order valence-corrected chi connectivity index (χ4v) is 5.88. The molecule has 0 saturated heterocycles. The smallest absolute Gasteiger partial charge is 0.163 e. The second-order valence-electron chi connectivity index (χ2n) is 11.0. The summed E-state index contributed by atoms with van der Waals surface area (Å²) in [5, 5.41) is 0. The van der Waals surface area contributed by atoms with Crippen molar-refractivity contribution in [2.75, 3.05) is 36.0 Å². The average molecular weight is 610 g/mol. The maximum absolute atomic E-state index is 4.92. The monoisotopic (exact) mass is 609 g/mol. The van der Waals surface area contributed by atoms with E-state index in [1.54, 1.807) is 0 Å². The molecule has 228 valence electrons. The van der Waals surface area contributed by atoms with E-state index in [-0.39, 0.29) is 0 Å². The van der Waals surface area contributed by atoms with Gasteiger partial charge in [0.05, 0.1) is 10.2 Å². The highest BCUT2D eigenvalue weighted by atomic mass is 28.1. The number of anilines is 2. The molecule has 0 radical (unpaired) electrons. The minimum absolute atomic E-state index is 0.707. The molecular formula is C39H43N5Si. The first-order valence-corrected chi connectivity index (χ1v) is 17.0. The van der Waals surface area contributed by atoms with Gasteiger partial charge in [-0.2, -0.15) is 0 Å². The van der Waals surface area contributed by atoms with Crippen molar-refractivity contribution in [3.8, 4) is 22.8 Å². The Morgan fingerprint density at radius 1 is 0.489 bits per heavy atom. The van der Waals surface area contributed by atoms with Crippen molar-refractivity contribution in [1.82, 2.24) is 15.0 Å². The van der Waals surface area contributed by atoms with Gasteiger partial charge < -0.3 is 9.80 Å². The Balaban J connectivity index is 1.33. The lowest BCUT2D eigenvalue weighted by atomic mass is 10.1. The number of hydrogen-bond donors (Lipinski definition) is 0. The van der Waals surface area contributed by atoms with E-state index in [4.69, 9.17) is 15.0 Å². The molecule has 5 rings (SSSR count). The van der Waals surface area contributed by atoms with Gasteiger partial charge in [-0.25, -0.2) is 15.0 Å². The summed E-state index contributed by atoms with van der Waals surface area (Å²) in [7, 11) is 0.737. The standard InChI is InChI=1S/C39H43N5Si/c1-5-43(6-2)35-23-19-29(20-24-35)15-17-31-11-9-13-33(27-31)37-40-38(42-39(45)41-37)34-14-10-12-32(28-34)18-16-30-21-25-36(26-22-30)44(7-3)8-4/h9-28H,5-8H2,1-4,45H3. The summed E-state index contributed by atoms with van der Waals surface area (Å²) < 4.78 is 0. The van der Waals surface area contributed by atoms with E-state index < -0.39 is 0 Å². The minimum atomic E-state index is 0.707. The first kappa shape index (κ1) is 31.6. The van der Waals surface area contributed by atoms with Gasteiger partial charge in [0.25, 0.3) is 0 Å². The Morgan fingerprint density at radius 2 is 0.867 bits per heavy atom. The largest absolute Gasteiger partial charge is 0.372 e. The lowest BCUT2D eigenvalue weighted by Crippen LogP contribution is -2.21. The summed E-state index contributed by atoms with van der Waals surface area (Å²) in [4.78, 5) is 19.1. The van der Waals surface area contributed by atoms with Crippen LogP contribution in [0.4, 0.5) is 11.4 Å². The quantitative estimate of drug-likeness (QED) is 0.110. The van der Waals surface area contributed by atoms with E-state index in [1.165, 1.54) is 22.5 Å². The maximum atomic E-state index is 4.92. The molecule has 0 bridgehead atoms. The van der Waals surface area contributed by atoms with Gasteiger partial charge in [-0.15, -0.1) is 0 Å². The van der Waals surface area contributed by atoms with Gasteiger partial charge in [0, 0.05) is 48.7 Å². The molecular weight excluding hydrogens is 567 g/mol. The van der Waals surface area contributed by atoms with Gasteiger partial charge in [0.2, 0.25) is 0 Å². The van der Waals surface area contributed by atoms with Crippen molar-refractivity contribution in [1.29, 1.82) is 0 Å². The van der Waals surface area contributed by atoms with Crippen molar-refractivity contribution in [2.45, 2.75) is 27.7 Å². The number of nitrogens with zero attached hydrogens (tertiary/aromatic N) is 5. The van der Waals surface area contributed by atoms with Crippen LogP contribution in [-0.2, 0) is 0 Å². The Hall–Kier alpha value is -4.81. The fraction of sp³-hybridized carbons (Fsp3) is 0.205. The van der Waals surface area contributed by atoms with Crippen LogP contribution in [-0.4, -0.2) is 51.4 Å². The molecule has 0 atom stereocenters. The second kappa shape index (κ2) is 15.3. The third kappa shape index (κ3) is 8.22. The number of rotatable bonds is 12. The molecule has 4 aromatic carbocycles. The van der Waals surface area contributed by atoms with Crippen LogP contribution in [0.25, 0.3) is 47.1 Å². The molecule has 6 heteroatoms. The van der Waals surface area contributed by atoms with Gasteiger partial charge in [0.15, 0.2) is 11.6 Å². The van der Waals surface area contributed by atoms with Gasteiger partial charge >= 0.3 is 0 Å². The highest BCUT2D eigenvalue weighted by Crippen LogP contribution is 2.23. The van der Waals surface area contributed by atoms with Crippen molar-refractivity contribution in [3.63, 3.8) is 0 Å². The third-order valence-corrected chi connectivity index (χ3v) is 8.46. The molecule has 5 nitrogen and oxygen atoms in total. The molecule has 0 saturated carbocycles. The van der Waals surface area contributed by atoms with Crippen molar-refractivity contribution < 1.29 is 0 Å². The van der Waals surface area contributed by atoms with Crippen LogP contribution in [0.1, 0.15) is 49.9 Å². The Labute approximate surface area is 271 Å². The van der Waals surface area contributed by atoms with E-state index >= 15 is 0 Å². The molecule has 0 N–H and O–H groups in total. The molecule has 45 heavy (non-hydrogen) atoms. The fourth-order valence-electron chi connectivity index (χ4n) is 5.46. The molecule has 1 heterocycles. The summed E-state index contributed by atoms with van der Waals surface area (Å²) >= 11 is 0. The lowest BCUT2D eigenvalue weighted by molar-refractivity contribution is 0.866. The van der Waals surface area contributed by atoms with Crippen LogP contribution in [0.15, 0.2) is 97.1 Å². The van der Waals surface area contributed by atoms with Gasteiger partial charge in [0.1, 0.15) is 5.45 Å². The first-order chi connectivity index (χ1) is 22.0. The molecule has 0 spiro atoms. The van der Waals surface area contributed by atoms with E-state index in [9.17, 15) is 0 Å². The summed E-state index contributed by atoms with van der Waals surface area (Å²) in [6, 6.07) is 34.2. The predicted molar refractivity (Wildman–Crippen MR) is 198 cm³/mol. The van der Waals surface area contributed by atoms with Crippen LogP contribution in [0.2, 0.25) is 0 Å². The predicted octanol–water partition coefficient (Wildman–Crippen LogP) is 7.23. The topological polar surface area (TPSA) is 45.2 Å². The second-order valence-corrected chi connectivity index (χ2v) is 11.9. The van der Waals surface area contributed by atoms with Crippen LogP contribution in [0, 0.1) is 0 Å². The van der Waals surface area contributed by atoms with Crippen molar-refractivity contribution in [2.24, 2.45) is 0 Å². The zero-order chi connectivity index (χ0) is 31.6. The highest BCUT2D eigenvalue weighted by molar-refractivity contribution is 6.29. The van der Waals surface area contributed by atoms with Gasteiger partial charge in [-0.3, -0.25) is 0 Å². The van der Waals surface area contributed by atoms with Gasteiger partial charge in [-0.1, -0.05) is 85.0 Å². The molecule has 0 fully saturated rings. The van der Waals surface area contributed by atoms with E-state index in [2.05, 4.69) is 159 Å². The third-order valence-electron chi connectivity index (χ3n) is 8.02. The summed E-state index contributed by atoms with van der Waals surface area (Å²) in [6.45, 7) is 12.8. The Bertz CT molecular complexity index is 1620. The molecule has 0 aliphatic rings. The van der Waals surface area contributed by atoms with Crippen LogP contribution in [0.3, 0.4) is 0 Å². The molecule has 0 unspecified atom stereocenters. The summed E-state index contributed by atoms with van der Waals surface area (Å²) in [5.74, 6) is 1.41. The minimum Gasteiger partial charge on any atom is -0.372 e. The van der Waals surface area contributed by atoms with E-state index in [0.29, 0.717) is 11.6 Å². The average Bonchev–Trinajstić information content (AvgIpc) is 3.08. The molecule has 0 aliphatic heterocycles. The molecule has 1 aromatic heterocycles. The molecule has 5 aromatic rings. The van der Waals surface area contributed by atoms with Crippen LogP contribution in [0.5, 0.6) is 0 Å². The van der Waals surface area contributed by atoms with E-state index in [0.717, 1.165) is 64.1 Å². The maximum Gasteiger partial charge on any atom is 0.163 e. The van der Waals surface area contributed by atoms with Gasteiger partial charge in [-0.05, 0) is 86.3 Å². The first-order valence-electron chi connectivity index (χ1n) is 16.0. The number of benzene rings is 4. The zero-order valence-corrected chi connectivity index (χ0v) is 29.1. The Kier molecular flexibility index (Phi) is 10.7. The zero-order valence-electron chi connectivity index (χ0n) is 27.1. The normalized spacial score (nSPS) is 11.5. The molecule has 0 aliphatic carbocycles. The van der Waals surface area contributed by atoms with Crippen molar-refractivity contribution >= 4 is 51.4 Å². The van der Waals surface area contributed by atoms with Crippen LogP contribution >= 0.6 is 0 Å². The Morgan fingerprint density at radius 3 is 1.24 bits per heavy atom. The lowest BCUT2D eigenvalue weighted by Gasteiger charge is -2.20. The summed E-state index contributed by atoms with van der Waals surface area (Å²) in [6.07, 6.45) is 8.60. The van der Waals surface area contributed by atoms with Crippen LogP contribution < -0.4 is 15.2 Å². The molecule has 0 amide bonds. The van der Waals surface area contributed by atoms with E-state index in [1.807, 2.05) is 0 Å². The highest BCUT2D eigenvalue weighted by Gasteiger charge is 2.09. The SMILES string of the molecule is CCN(CC)c1ccc(C=Cc2cccc(-c3nc([SiH3])nc(-c4cccc(C=Cc5ccc(N(CC)CC)cc5)c4)n3)c2)cc1. The van der Waals surface area contributed by atoms with Crippen molar-refractivity contribution in [3.05, 3.63) is 119 Å².